The molecule has 1 aliphatic carbocycles. The number of hydrogen-bond acceptors (Lipinski definition) is 3. The van der Waals surface area contributed by atoms with Crippen LogP contribution in [-0.2, 0) is 16.3 Å². The average molecular weight is 297 g/mol. The van der Waals surface area contributed by atoms with Crippen LogP contribution in [0.3, 0.4) is 0 Å². The van der Waals surface area contributed by atoms with E-state index in [4.69, 9.17) is 0 Å². The normalized spacial score (nSPS) is 23.8. The quantitative estimate of drug-likeness (QED) is 0.928. The van der Waals surface area contributed by atoms with Crippen molar-refractivity contribution in [3.05, 3.63) is 29.6 Å². The standard InChI is InChI=1S/C15H20FNO2S/c16-14-10-11(9-12-3-1-2-8-17-12)4-7-15(14)20(18,19)13-5-6-13/h4,7,10,12-13,17H,1-3,5-6,8-9H2. The zero-order valence-electron chi connectivity index (χ0n) is 11.4. The molecule has 5 heteroatoms. The minimum atomic E-state index is -3.44. The highest BCUT2D eigenvalue weighted by Crippen LogP contribution is 2.34. The third-order valence-corrected chi connectivity index (χ3v) is 6.45. The zero-order valence-corrected chi connectivity index (χ0v) is 12.3. The summed E-state index contributed by atoms with van der Waals surface area (Å²) >= 11 is 0. The van der Waals surface area contributed by atoms with Crippen LogP contribution in [0.25, 0.3) is 0 Å². The van der Waals surface area contributed by atoms with Gasteiger partial charge in [-0.2, -0.15) is 0 Å². The fourth-order valence-corrected chi connectivity index (χ4v) is 4.55. The van der Waals surface area contributed by atoms with Gasteiger partial charge in [-0.05, 0) is 56.3 Å². The number of rotatable bonds is 4. The predicted molar refractivity (Wildman–Crippen MR) is 76.0 cm³/mol. The van der Waals surface area contributed by atoms with Crippen molar-refractivity contribution >= 4 is 9.84 Å². The summed E-state index contributed by atoms with van der Waals surface area (Å²) in [5.41, 5.74) is 0.872. The van der Waals surface area contributed by atoms with E-state index in [0.29, 0.717) is 18.9 Å². The van der Waals surface area contributed by atoms with Gasteiger partial charge in [0.15, 0.2) is 9.84 Å². The van der Waals surface area contributed by atoms with Gasteiger partial charge in [-0.3, -0.25) is 0 Å². The van der Waals surface area contributed by atoms with E-state index in [0.717, 1.165) is 24.9 Å². The Bertz CT molecular complexity index is 590. The Morgan fingerprint density at radius 2 is 2.00 bits per heavy atom. The van der Waals surface area contributed by atoms with E-state index in [-0.39, 0.29) is 10.1 Å². The molecular weight excluding hydrogens is 277 g/mol. The molecule has 1 unspecified atom stereocenters. The highest BCUT2D eigenvalue weighted by atomic mass is 32.2. The van der Waals surface area contributed by atoms with Crippen molar-refractivity contribution in [1.82, 2.24) is 5.32 Å². The first-order chi connectivity index (χ1) is 9.57. The van der Waals surface area contributed by atoms with Crippen LogP contribution in [0.1, 0.15) is 37.7 Å². The van der Waals surface area contributed by atoms with Gasteiger partial charge >= 0.3 is 0 Å². The van der Waals surface area contributed by atoms with Gasteiger partial charge in [0.05, 0.1) is 5.25 Å². The van der Waals surface area contributed by atoms with Crippen molar-refractivity contribution in [2.24, 2.45) is 0 Å². The third kappa shape index (κ3) is 2.88. The van der Waals surface area contributed by atoms with Crippen LogP contribution in [0.5, 0.6) is 0 Å². The largest absolute Gasteiger partial charge is 0.314 e. The summed E-state index contributed by atoms with van der Waals surface area (Å²) < 4.78 is 38.2. The van der Waals surface area contributed by atoms with Crippen LogP contribution in [0.2, 0.25) is 0 Å². The molecule has 2 fully saturated rings. The number of sulfone groups is 1. The van der Waals surface area contributed by atoms with E-state index in [9.17, 15) is 12.8 Å². The van der Waals surface area contributed by atoms with Gasteiger partial charge in [-0.25, -0.2) is 12.8 Å². The minimum absolute atomic E-state index is 0.125. The molecule has 1 aliphatic heterocycles. The molecule has 1 heterocycles. The van der Waals surface area contributed by atoms with Gasteiger partial charge in [0.1, 0.15) is 10.7 Å². The Morgan fingerprint density at radius 3 is 2.60 bits per heavy atom. The number of piperidine rings is 1. The summed E-state index contributed by atoms with van der Waals surface area (Å²) in [6, 6.07) is 4.98. The number of nitrogens with one attached hydrogen (secondary N) is 1. The summed E-state index contributed by atoms with van der Waals surface area (Å²) in [5.74, 6) is -0.592. The molecule has 1 saturated heterocycles. The van der Waals surface area contributed by atoms with Crippen LogP contribution in [0, 0.1) is 5.82 Å². The van der Waals surface area contributed by atoms with Crippen LogP contribution in [0.15, 0.2) is 23.1 Å². The van der Waals surface area contributed by atoms with E-state index in [2.05, 4.69) is 5.32 Å². The van der Waals surface area contributed by atoms with E-state index in [1.165, 1.54) is 25.0 Å². The molecular formula is C15H20FNO2S. The molecule has 3 nitrogen and oxygen atoms in total. The van der Waals surface area contributed by atoms with Crippen molar-refractivity contribution in [1.29, 1.82) is 0 Å². The monoisotopic (exact) mass is 297 g/mol. The third-order valence-electron chi connectivity index (χ3n) is 4.16. The second-order valence-electron chi connectivity index (χ2n) is 5.86. The van der Waals surface area contributed by atoms with Crippen molar-refractivity contribution in [3.8, 4) is 0 Å². The van der Waals surface area contributed by atoms with E-state index < -0.39 is 15.7 Å². The molecule has 1 saturated carbocycles. The average Bonchev–Trinajstić information content (AvgIpc) is 3.24. The molecule has 0 amide bonds. The number of halogens is 1. The van der Waals surface area contributed by atoms with Crippen LogP contribution in [0.4, 0.5) is 4.39 Å². The molecule has 1 N–H and O–H groups in total. The summed E-state index contributed by atoms with van der Waals surface area (Å²) in [6.07, 6.45) is 5.59. The van der Waals surface area contributed by atoms with E-state index in [1.807, 2.05) is 0 Å². The van der Waals surface area contributed by atoms with Gasteiger partial charge in [0.25, 0.3) is 0 Å². The van der Waals surface area contributed by atoms with E-state index in [1.54, 1.807) is 6.07 Å². The van der Waals surface area contributed by atoms with Gasteiger partial charge in [-0.1, -0.05) is 12.5 Å². The number of benzene rings is 1. The molecule has 0 aromatic heterocycles. The predicted octanol–water partition coefficient (Wildman–Crippen LogP) is 2.45. The molecule has 3 rings (SSSR count). The molecule has 20 heavy (non-hydrogen) atoms. The maximum absolute atomic E-state index is 14.1. The molecule has 2 aliphatic rings. The maximum atomic E-state index is 14.1. The first kappa shape index (κ1) is 14.0. The Labute approximate surface area is 119 Å². The first-order valence-electron chi connectivity index (χ1n) is 7.33. The Balaban J connectivity index is 1.77. The smallest absolute Gasteiger partial charge is 0.184 e. The highest BCUT2D eigenvalue weighted by Gasteiger charge is 2.38. The van der Waals surface area contributed by atoms with Crippen molar-refractivity contribution in [3.63, 3.8) is 0 Å². The summed E-state index contributed by atoms with van der Waals surface area (Å²) in [5, 5.41) is 3.06. The van der Waals surface area contributed by atoms with Crippen molar-refractivity contribution in [2.45, 2.75) is 54.7 Å². The molecule has 110 valence electrons. The van der Waals surface area contributed by atoms with E-state index >= 15 is 0 Å². The lowest BCUT2D eigenvalue weighted by Gasteiger charge is -2.23. The van der Waals surface area contributed by atoms with Gasteiger partial charge in [-0.15, -0.1) is 0 Å². The molecule has 0 bridgehead atoms. The highest BCUT2D eigenvalue weighted by molar-refractivity contribution is 7.92. The summed E-state index contributed by atoms with van der Waals surface area (Å²) in [7, 11) is -3.44. The van der Waals surface area contributed by atoms with Crippen LogP contribution >= 0.6 is 0 Å². The molecule has 1 aromatic carbocycles. The van der Waals surface area contributed by atoms with Crippen LogP contribution in [-0.4, -0.2) is 26.3 Å². The van der Waals surface area contributed by atoms with Gasteiger partial charge < -0.3 is 5.32 Å². The molecule has 1 aromatic rings. The fourth-order valence-electron chi connectivity index (χ4n) is 2.84. The summed E-state index contributed by atoms with van der Waals surface area (Å²) in [4.78, 5) is -0.125. The molecule has 0 radical (unpaired) electrons. The minimum Gasteiger partial charge on any atom is -0.314 e. The maximum Gasteiger partial charge on any atom is 0.184 e. The lowest BCUT2D eigenvalue weighted by atomic mass is 9.98. The molecule has 1 atom stereocenters. The second-order valence-corrected chi connectivity index (χ2v) is 8.06. The number of hydrogen-bond donors (Lipinski definition) is 1. The summed E-state index contributed by atoms with van der Waals surface area (Å²) in [6.45, 7) is 1.02. The van der Waals surface area contributed by atoms with Crippen LogP contribution < -0.4 is 5.32 Å². The fraction of sp³-hybridized carbons (Fsp3) is 0.600. The van der Waals surface area contributed by atoms with Gasteiger partial charge in [0, 0.05) is 6.04 Å². The lowest BCUT2D eigenvalue weighted by molar-refractivity contribution is 0.399. The van der Waals surface area contributed by atoms with Crippen molar-refractivity contribution < 1.29 is 12.8 Å². The Hall–Kier alpha value is -0.940. The lowest BCUT2D eigenvalue weighted by Crippen LogP contribution is -2.35. The van der Waals surface area contributed by atoms with Gasteiger partial charge in [0.2, 0.25) is 0 Å². The second kappa shape index (κ2) is 5.45. The Morgan fingerprint density at radius 1 is 1.20 bits per heavy atom. The first-order valence-corrected chi connectivity index (χ1v) is 8.88. The van der Waals surface area contributed by atoms with Crippen molar-refractivity contribution in [2.75, 3.05) is 6.54 Å². The molecule has 0 spiro atoms. The zero-order chi connectivity index (χ0) is 14.2. The Kier molecular flexibility index (Phi) is 3.82. The SMILES string of the molecule is O=S(=O)(c1ccc(CC2CCCCN2)cc1F)C1CC1. The topological polar surface area (TPSA) is 46.2 Å².